The van der Waals surface area contributed by atoms with E-state index in [1.54, 1.807) is 11.3 Å². The van der Waals surface area contributed by atoms with E-state index in [9.17, 15) is 4.79 Å². The van der Waals surface area contributed by atoms with Gasteiger partial charge in [-0.2, -0.15) is 10.1 Å². The van der Waals surface area contributed by atoms with Gasteiger partial charge in [0.05, 0.1) is 11.8 Å². The number of amides is 1. The molecule has 0 unspecified atom stereocenters. The van der Waals surface area contributed by atoms with Gasteiger partial charge in [-0.15, -0.1) is 11.3 Å². The summed E-state index contributed by atoms with van der Waals surface area (Å²) < 4.78 is 0. The summed E-state index contributed by atoms with van der Waals surface area (Å²) in [5.41, 5.74) is 2.17. The number of hydrogen-bond acceptors (Lipinski definition) is 5. The molecule has 3 heterocycles. The Labute approximate surface area is 120 Å². The standard InChI is InChI=1S/C14H14N4OS/c1-8-6-11(19)18(17-8)13-12-9-4-2-3-5-10(9)20-14(12)16-7-15-13/h7H,2-6H2,1H3. The Morgan fingerprint density at radius 3 is 2.90 bits per heavy atom. The molecular weight excluding hydrogens is 272 g/mol. The minimum Gasteiger partial charge on any atom is -0.272 e. The van der Waals surface area contributed by atoms with E-state index in [1.165, 1.54) is 34.6 Å². The molecule has 0 fully saturated rings. The average Bonchev–Trinajstić information content (AvgIpc) is 2.98. The summed E-state index contributed by atoms with van der Waals surface area (Å²) >= 11 is 1.74. The first-order valence-corrected chi connectivity index (χ1v) is 7.68. The summed E-state index contributed by atoms with van der Waals surface area (Å²) in [6, 6.07) is 0. The van der Waals surface area contributed by atoms with Crippen molar-refractivity contribution in [3.05, 3.63) is 16.8 Å². The molecule has 6 heteroatoms. The van der Waals surface area contributed by atoms with Gasteiger partial charge < -0.3 is 0 Å². The van der Waals surface area contributed by atoms with Crippen molar-refractivity contribution in [2.45, 2.75) is 39.0 Å². The van der Waals surface area contributed by atoms with Crippen LogP contribution in [-0.4, -0.2) is 21.6 Å². The van der Waals surface area contributed by atoms with Crippen LogP contribution in [0.25, 0.3) is 10.2 Å². The second-order valence-corrected chi connectivity index (χ2v) is 6.39. The van der Waals surface area contributed by atoms with E-state index >= 15 is 0 Å². The summed E-state index contributed by atoms with van der Waals surface area (Å²) in [6.07, 6.45) is 6.53. The Morgan fingerprint density at radius 1 is 1.25 bits per heavy atom. The summed E-state index contributed by atoms with van der Waals surface area (Å²) in [6.45, 7) is 1.87. The van der Waals surface area contributed by atoms with Crippen LogP contribution < -0.4 is 5.01 Å². The van der Waals surface area contributed by atoms with Crippen LogP contribution in [0.4, 0.5) is 5.82 Å². The number of fused-ring (bicyclic) bond motifs is 3. The van der Waals surface area contributed by atoms with Crippen molar-refractivity contribution in [2.24, 2.45) is 5.10 Å². The van der Waals surface area contributed by atoms with Crippen LogP contribution >= 0.6 is 11.3 Å². The van der Waals surface area contributed by atoms with Crippen molar-refractivity contribution < 1.29 is 4.79 Å². The van der Waals surface area contributed by atoms with E-state index in [0.29, 0.717) is 12.2 Å². The van der Waals surface area contributed by atoms with Gasteiger partial charge in [-0.3, -0.25) is 4.79 Å². The quantitative estimate of drug-likeness (QED) is 0.810. The van der Waals surface area contributed by atoms with E-state index < -0.39 is 0 Å². The number of aryl methyl sites for hydroxylation is 2. The first-order chi connectivity index (χ1) is 9.74. The number of rotatable bonds is 1. The smallest absolute Gasteiger partial charge is 0.254 e. The van der Waals surface area contributed by atoms with Crippen LogP contribution in [-0.2, 0) is 17.6 Å². The lowest BCUT2D eigenvalue weighted by Gasteiger charge is -2.14. The van der Waals surface area contributed by atoms with Gasteiger partial charge >= 0.3 is 0 Å². The van der Waals surface area contributed by atoms with Crippen LogP contribution in [0.1, 0.15) is 36.6 Å². The molecule has 0 spiro atoms. The van der Waals surface area contributed by atoms with Gasteiger partial charge in [-0.1, -0.05) is 0 Å². The fourth-order valence-electron chi connectivity index (χ4n) is 2.96. The molecule has 2 aliphatic rings. The zero-order chi connectivity index (χ0) is 13.7. The van der Waals surface area contributed by atoms with Crippen LogP contribution in [0.3, 0.4) is 0 Å². The fraction of sp³-hybridized carbons (Fsp3) is 0.429. The molecule has 20 heavy (non-hydrogen) atoms. The monoisotopic (exact) mass is 286 g/mol. The van der Waals surface area contributed by atoms with Crippen molar-refractivity contribution in [1.82, 2.24) is 9.97 Å². The second kappa shape index (κ2) is 4.34. The van der Waals surface area contributed by atoms with Crippen LogP contribution in [0.5, 0.6) is 0 Å². The molecule has 0 atom stereocenters. The highest BCUT2D eigenvalue weighted by Crippen LogP contribution is 2.39. The van der Waals surface area contributed by atoms with Gasteiger partial charge in [0.15, 0.2) is 5.82 Å². The first-order valence-electron chi connectivity index (χ1n) is 6.86. The number of hydrogen-bond donors (Lipinski definition) is 0. The molecule has 1 amide bonds. The molecule has 1 aliphatic carbocycles. The zero-order valence-corrected chi connectivity index (χ0v) is 12.0. The maximum Gasteiger partial charge on any atom is 0.254 e. The molecule has 5 nitrogen and oxygen atoms in total. The predicted molar refractivity (Wildman–Crippen MR) is 79.3 cm³/mol. The molecule has 102 valence electrons. The predicted octanol–water partition coefficient (Wildman–Crippen LogP) is 2.68. The number of carbonyl (C=O) groups is 1. The van der Waals surface area contributed by atoms with Gasteiger partial charge in [0.1, 0.15) is 11.2 Å². The molecule has 1 aliphatic heterocycles. The molecule has 0 aromatic carbocycles. The molecule has 2 aromatic rings. The third kappa shape index (κ3) is 1.67. The van der Waals surface area contributed by atoms with E-state index in [1.807, 2.05) is 6.92 Å². The molecule has 0 saturated carbocycles. The number of hydrazone groups is 1. The zero-order valence-electron chi connectivity index (χ0n) is 11.2. The minimum atomic E-state index is -0.00161. The molecule has 0 saturated heterocycles. The topological polar surface area (TPSA) is 58.5 Å². The SMILES string of the molecule is CC1=NN(c2ncnc3sc4c(c23)CCCC4)C(=O)C1. The van der Waals surface area contributed by atoms with Gasteiger partial charge in [0, 0.05) is 10.6 Å². The number of nitrogens with zero attached hydrogens (tertiary/aromatic N) is 4. The first kappa shape index (κ1) is 12.0. The molecular formula is C14H14N4OS. The van der Waals surface area contributed by atoms with E-state index in [2.05, 4.69) is 15.1 Å². The van der Waals surface area contributed by atoms with Gasteiger partial charge in [-0.05, 0) is 38.2 Å². The molecule has 2 aromatic heterocycles. The molecule has 0 radical (unpaired) electrons. The van der Waals surface area contributed by atoms with E-state index in [-0.39, 0.29) is 5.91 Å². The Hall–Kier alpha value is -1.82. The Balaban J connectivity index is 1.96. The third-order valence-corrected chi connectivity index (χ3v) is 5.05. The summed E-state index contributed by atoms with van der Waals surface area (Å²) in [5, 5.41) is 6.83. The van der Waals surface area contributed by atoms with Crippen LogP contribution in [0, 0.1) is 0 Å². The minimum absolute atomic E-state index is 0.00161. The normalized spacial score (nSPS) is 18.6. The van der Waals surface area contributed by atoms with Crippen molar-refractivity contribution >= 4 is 39.0 Å². The lowest BCUT2D eigenvalue weighted by molar-refractivity contribution is -0.116. The number of aromatic nitrogens is 2. The second-order valence-electron chi connectivity index (χ2n) is 5.31. The van der Waals surface area contributed by atoms with E-state index in [0.717, 1.165) is 28.8 Å². The van der Waals surface area contributed by atoms with Gasteiger partial charge in [0.2, 0.25) is 0 Å². The average molecular weight is 286 g/mol. The lowest BCUT2D eigenvalue weighted by Crippen LogP contribution is -2.21. The largest absolute Gasteiger partial charge is 0.272 e. The molecule has 4 rings (SSSR count). The lowest BCUT2D eigenvalue weighted by atomic mass is 9.97. The van der Waals surface area contributed by atoms with Crippen LogP contribution in [0.2, 0.25) is 0 Å². The van der Waals surface area contributed by atoms with Crippen molar-refractivity contribution in [2.75, 3.05) is 5.01 Å². The van der Waals surface area contributed by atoms with Crippen molar-refractivity contribution in [3.8, 4) is 0 Å². The summed E-state index contributed by atoms with van der Waals surface area (Å²) in [7, 11) is 0. The summed E-state index contributed by atoms with van der Waals surface area (Å²) in [5.74, 6) is 0.662. The maximum absolute atomic E-state index is 12.1. The highest BCUT2D eigenvalue weighted by atomic mass is 32.1. The highest BCUT2D eigenvalue weighted by Gasteiger charge is 2.28. The number of thiophene rings is 1. The molecule has 0 N–H and O–H groups in total. The maximum atomic E-state index is 12.1. The fourth-order valence-corrected chi connectivity index (χ4v) is 4.18. The van der Waals surface area contributed by atoms with Crippen molar-refractivity contribution in [1.29, 1.82) is 0 Å². The highest BCUT2D eigenvalue weighted by molar-refractivity contribution is 7.19. The number of carbonyl (C=O) groups excluding carboxylic acids is 1. The van der Waals surface area contributed by atoms with Gasteiger partial charge in [0.25, 0.3) is 5.91 Å². The Morgan fingerprint density at radius 2 is 2.10 bits per heavy atom. The molecule has 0 bridgehead atoms. The van der Waals surface area contributed by atoms with Gasteiger partial charge in [-0.25, -0.2) is 9.97 Å². The Bertz CT molecular complexity index is 749. The third-order valence-electron chi connectivity index (χ3n) is 3.85. The van der Waals surface area contributed by atoms with Crippen LogP contribution in [0.15, 0.2) is 11.4 Å². The van der Waals surface area contributed by atoms with E-state index in [4.69, 9.17) is 0 Å². The van der Waals surface area contributed by atoms with Crippen molar-refractivity contribution in [3.63, 3.8) is 0 Å². The number of anilines is 1. The Kier molecular flexibility index (Phi) is 2.60. The summed E-state index contributed by atoms with van der Waals surface area (Å²) in [4.78, 5) is 23.2.